The van der Waals surface area contributed by atoms with Crippen molar-refractivity contribution in [1.82, 2.24) is 10.2 Å². The average molecular weight is 347 g/mol. The minimum absolute atomic E-state index is 0. The molecule has 0 aromatic rings. The molecule has 8 heteroatoms. The van der Waals surface area contributed by atoms with E-state index in [-0.39, 0.29) is 37.3 Å². The van der Waals surface area contributed by atoms with Gasteiger partial charge in [0.2, 0.25) is 5.91 Å². The van der Waals surface area contributed by atoms with Gasteiger partial charge in [-0.25, -0.2) is 0 Å². The van der Waals surface area contributed by atoms with Gasteiger partial charge >= 0.3 is 6.18 Å². The maximum absolute atomic E-state index is 13.0. The van der Waals surface area contributed by atoms with Gasteiger partial charge < -0.3 is 10.2 Å². The first-order valence-electron chi connectivity index (χ1n) is 6.91. The third-order valence-electron chi connectivity index (χ3n) is 4.31. The van der Waals surface area contributed by atoms with E-state index in [4.69, 9.17) is 0 Å². The zero-order valence-electron chi connectivity index (χ0n) is 12.2. The topological polar surface area (TPSA) is 32.3 Å². The summed E-state index contributed by atoms with van der Waals surface area (Å²) >= 11 is 1.78. The number of nitrogens with zero attached hydrogens (tertiary/aromatic N) is 1. The first kappa shape index (κ1) is 18.9. The van der Waals surface area contributed by atoms with Gasteiger partial charge in [0.15, 0.2) is 0 Å². The number of hydrogen-bond donors (Lipinski definition) is 1. The Morgan fingerprint density at radius 3 is 2.57 bits per heavy atom. The van der Waals surface area contributed by atoms with E-state index in [0.717, 1.165) is 18.1 Å². The molecule has 0 aromatic heterocycles. The lowest BCUT2D eigenvalue weighted by Gasteiger charge is -2.37. The van der Waals surface area contributed by atoms with Crippen molar-refractivity contribution in [1.29, 1.82) is 0 Å². The minimum atomic E-state index is -4.24. The van der Waals surface area contributed by atoms with Crippen LogP contribution in [0.25, 0.3) is 0 Å². The van der Waals surface area contributed by atoms with Crippen LogP contribution in [0.1, 0.15) is 26.7 Å². The summed E-state index contributed by atoms with van der Waals surface area (Å²) in [5, 5.41) is 3.25. The van der Waals surface area contributed by atoms with Crippen LogP contribution in [0.3, 0.4) is 0 Å². The van der Waals surface area contributed by atoms with E-state index in [1.54, 1.807) is 11.8 Å². The molecule has 0 aromatic carbocycles. The number of amides is 1. The molecule has 21 heavy (non-hydrogen) atoms. The van der Waals surface area contributed by atoms with Crippen molar-refractivity contribution in [2.75, 3.05) is 24.6 Å². The Kier molecular flexibility index (Phi) is 6.27. The van der Waals surface area contributed by atoms with E-state index < -0.39 is 17.6 Å². The number of alkyl halides is 3. The van der Waals surface area contributed by atoms with Crippen LogP contribution in [0, 0.1) is 5.92 Å². The standard InChI is InChI=1S/C13H21F3N2OS.ClH/c1-12(2)10(13(14,15)16)3-5-18(12)11(19)7-9-8-20-6-4-17-9;/h9-10,17H,3-8H2,1-2H3;1H. The van der Waals surface area contributed by atoms with Gasteiger partial charge in [-0.1, -0.05) is 0 Å². The maximum Gasteiger partial charge on any atom is 0.394 e. The molecule has 0 aliphatic carbocycles. The van der Waals surface area contributed by atoms with Crippen LogP contribution in [0.5, 0.6) is 0 Å². The molecule has 2 saturated heterocycles. The average Bonchev–Trinajstić information content (AvgIpc) is 2.65. The molecule has 0 bridgehead atoms. The summed E-state index contributed by atoms with van der Waals surface area (Å²) in [6.07, 6.45) is -3.94. The summed E-state index contributed by atoms with van der Waals surface area (Å²) in [5.74, 6) is 0.285. The lowest BCUT2D eigenvalue weighted by atomic mass is 9.87. The molecule has 1 N–H and O–H groups in total. The van der Waals surface area contributed by atoms with E-state index in [1.807, 2.05) is 0 Å². The number of halogens is 4. The third kappa shape index (κ3) is 4.20. The summed E-state index contributed by atoms with van der Waals surface area (Å²) in [6, 6.07) is 0.0852. The van der Waals surface area contributed by atoms with Gasteiger partial charge in [-0.2, -0.15) is 24.9 Å². The lowest BCUT2D eigenvalue weighted by Crippen LogP contribution is -2.51. The maximum atomic E-state index is 13.0. The Bertz CT molecular complexity index is 373. The highest BCUT2D eigenvalue weighted by Gasteiger charge is 2.56. The van der Waals surface area contributed by atoms with Gasteiger partial charge in [0.25, 0.3) is 0 Å². The quantitative estimate of drug-likeness (QED) is 0.834. The number of thioether (sulfide) groups is 1. The molecular weight excluding hydrogens is 325 g/mol. The normalized spacial score (nSPS) is 29.1. The lowest BCUT2D eigenvalue weighted by molar-refractivity contribution is -0.192. The van der Waals surface area contributed by atoms with E-state index in [2.05, 4.69) is 5.32 Å². The molecule has 2 heterocycles. The number of nitrogens with one attached hydrogen (secondary N) is 1. The van der Waals surface area contributed by atoms with Crippen LogP contribution < -0.4 is 5.32 Å². The van der Waals surface area contributed by atoms with E-state index >= 15 is 0 Å². The number of carbonyl (C=O) groups is 1. The summed E-state index contributed by atoms with van der Waals surface area (Å²) < 4.78 is 39.0. The molecule has 124 valence electrons. The van der Waals surface area contributed by atoms with Crippen LogP contribution in [-0.2, 0) is 4.79 Å². The second-order valence-electron chi connectivity index (χ2n) is 6.01. The molecule has 0 radical (unpaired) electrons. The highest BCUT2D eigenvalue weighted by molar-refractivity contribution is 7.99. The van der Waals surface area contributed by atoms with Crippen LogP contribution in [0.2, 0.25) is 0 Å². The summed E-state index contributed by atoms with van der Waals surface area (Å²) in [4.78, 5) is 13.7. The van der Waals surface area contributed by atoms with Gasteiger partial charge in [-0.05, 0) is 20.3 Å². The number of carbonyl (C=O) groups excluding carboxylic acids is 1. The smallest absolute Gasteiger partial charge is 0.337 e. The van der Waals surface area contributed by atoms with Crippen LogP contribution in [0.4, 0.5) is 13.2 Å². The SMILES string of the molecule is CC1(C)C(C(F)(F)F)CCN1C(=O)CC1CSCCN1.Cl. The minimum Gasteiger partial charge on any atom is -0.337 e. The predicted octanol–water partition coefficient (Wildman–Crippen LogP) is 2.69. The van der Waals surface area contributed by atoms with Crippen LogP contribution in [-0.4, -0.2) is 53.2 Å². The second-order valence-corrected chi connectivity index (χ2v) is 7.16. The van der Waals surface area contributed by atoms with Gasteiger partial charge in [0.1, 0.15) is 0 Å². The fraction of sp³-hybridized carbons (Fsp3) is 0.923. The van der Waals surface area contributed by atoms with Crippen molar-refractivity contribution >= 4 is 30.1 Å². The van der Waals surface area contributed by atoms with Crippen molar-refractivity contribution in [3.63, 3.8) is 0 Å². The molecular formula is C13H22ClF3N2OS. The predicted molar refractivity (Wildman–Crippen MR) is 80.9 cm³/mol. The summed E-state index contributed by atoms with van der Waals surface area (Å²) in [5.41, 5.74) is -1.14. The second kappa shape index (κ2) is 6.96. The van der Waals surface area contributed by atoms with Gasteiger partial charge in [0, 0.05) is 42.6 Å². The van der Waals surface area contributed by atoms with Crippen molar-refractivity contribution < 1.29 is 18.0 Å². The van der Waals surface area contributed by atoms with E-state index in [0.29, 0.717) is 6.42 Å². The largest absolute Gasteiger partial charge is 0.394 e. The molecule has 3 nitrogen and oxygen atoms in total. The number of likely N-dealkylation sites (tertiary alicyclic amines) is 1. The van der Waals surface area contributed by atoms with E-state index in [1.165, 1.54) is 18.7 Å². The Hall–Kier alpha value is -0.140. The molecule has 1 amide bonds. The highest BCUT2D eigenvalue weighted by Crippen LogP contribution is 2.44. The molecule has 2 aliphatic rings. The van der Waals surface area contributed by atoms with Crippen molar-refractivity contribution in [2.45, 2.75) is 44.4 Å². The summed E-state index contributed by atoms with van der Waals surface area (Å²) in [6.45, 7) is 4.12. The molecule has 0 saturated carbocycles. The number of rotatable bonds is 2. The fourth-order valence-electron chi connectivity index (χ4n) is 3.17. The Balaban J connectivity index is 0.00000220. The Labute approximate surface area is 133 Å². The van der Waals surface area contributed by atoms with Crippen molar-refractivity contribution in [2.24, 2.45) is 5.92 Å². The first-order chi connectivity index (χ1) is 9.23. The molecule has 2 rings (SSSR count). The Morgan fingerprint density at radius 2 is 2.10 bits per heavy atom. The Morgan fingerprint density at radius 1 is 1.43 bits per heavy atom. The zero-order valence-corrected chi connectivity index (χ0v) is 13.8. The molecule has 2 atom stereocenters. The van der Waals surface area contributed by atoms with Crippen molar-refractivity contribution in [3.8, 4) is 0 Å². The molecule has 2 aliphatic heterocycles. The molecule has 2 unspecified atom stereocenters. The van der Waals surface area contributed by atoms with Gasteiger partial charge in [-0.3, -0.25) is 4.79 Å². The monoisotopic (exact) mass is 346 g/mol. The van der Waals surface area contributed by atoms with Crippen molar-refractivity contribution in [3.05, 3.63) is 0 Å². The molecule has 2 fully saturated rings. The van der Waals surface area contributed by atoms with Crippen LogP contribution >= 0.6 is 24.2 Å². The third-order valence-corrected chi connectivity index (χ3v) is 5.44. The zero-order chi connectivity index (χ0) is 15.0. The van der Waals surface area contributed by atoms with E-state index in [9.17, 15) is 18.0 Å². The summed E-state index contributed by atoms with van der Waals surface area (Å²) in [7, 11) is 0. The van der Waals surface area contributed by atoms with Gasteiger partial charge in [0.05, 0.1) is 5.92 Å². The van der Waals surface area contributed by atoms with Gasteiger partial charge in [-0.15, -0.1) is 12.4 Å². The number of hydrogen-bond acceptors (Lipinski definition) is 3. The fourth-order valence-corrected chi connectivity index (χ4v) is 4.12. The van der Waals surface area contributed by atoms with Crippen LogP contribution in [0.15, 0.2) is 0 Å². The first-order valence-corrected chi connectivity index (χ1v) is 8.06. The highest BCUT2D eigenvalue weighted by atomic mass is 35.5. The molecule has 0 spiro atoms.